The molecule has 0 aromatic heterocycles. The van der Waals surface area contributed by atoms with E-state index in [0.717, 1.165) is 5.56 Å². The number of ether oxygens (including phenoxy) is 1. The van der Waals surface area contributed by atoms with Gasteiger partial charge in [0.25, 0.3) is 5.91 Å². The van der Waals surface area contributed by atoms with Gasteiger partial charge in [-0.05, 0) is 54.4 Å². The van der Waals surface area contributed by atoms with Gasteiger partial charge in [-0.3, -0.25) is 14.6 Å². The minimum atomic E-state index is -1.38. The number of primary amides is 1. The molecule has 1 aliphatic rings. The molecule has 230 valence electrons. The second-order valence-corrected chi connectivity index (χ2v) is 11.5. The van der Waals surface area contributed by atoms with E-state index < -0.39 is 23.4 Å². The molecule has 4 aromatic rings. The molecule has 1 aliphatic heterocycles. The van der Waals surface area contributed by atoms with Gasteiger partial charge >= 0.3 is 6.03 Å². The molecular weight excluding hydrogens is 613 g/mol. The lowest BCUT2D eigenvalue weighted by molar-refractivity contribution is -0.113. The fourth-order valence-corrected chi connectivity index (χ4v) is 5.88. The Morgan fingerprint density at radius 1 is 0.911 bits per heavy atom. The van der Waals surface area contributed by atoms with Gasteiger partial charge in [-0.15, -0.1) is 0 Å². The predicted molar refractivity (Wildman–Crippen MR) is 178 cm³/mol. The number of nitrogens with one attached hydrogen (secondary N) is 3. The molecular formula is C34H31Cl2N5O4. The molecule has 0 saturated heterocycles. The van der Waals surface area contributed by atoms with Crippen molar-refractivity contribution in [1.82, 2.24) is 10.7 Å². The largest absolute Gasteiger partial charge is 0.489 e. The molecule has 1 unspecified atom stereocenters. The van der Waals surface area contributed by atoms with Crippen molar-refractivity contribution >= 4 is 57.9 Å². The van der Waals surface area contributed by atoms with E-state index in [1.807, 2.05) is 42.5 Å². The topological polar surface area (TPSA) is 126 Å². The van der Waals surface area contributed by atoms with Crippen molar-refractivity contribution in [3.8, 4) is 11.1 Å². The third-order valence-corrected chi connectivity index (χ3v) is 7.94. The highest BCUT2D eigenvalue weighted by Crippen LogP contribution is 2.51. The van der Waals surface area contributed by atoms with Crippen LogP contribution in [0.15, 0.2) is 103 Å². The normalized spacial score (nSPS) is 15.7. The Morgan fingerprint density at radius 3 is 2.27 bits per heavy atom. The molecule has 4 aromatic carbocycles. The molecule has 5 rings (SSSR count). The number of alkyl halides is 1. The third-order valence-electron chi connectivity index (χ3n) is 7.28. The number of hydrogen-bond donors (Lipinski definition) is 4. The van der Waals surface area contributed by atoms with Crippen LogP contribution in [0.2, 0.25) is 5.02 Å². The Bertz CT molecular complexity index is 1780. The number of carbonyl (C=O) groups is 3. The summed E-state index contributed by atoms with van der Waals surface area (Å²) in [6.07, 6.45) is 0. The van der Waals surface area contributed by atoms with Gasteiger partial charge < -0.3 is 21.1 Å². The number of halogens is 2. The van der Waals surface area contributed by atoms with Crippen molar-refractivity contribution in [2.45, 2.75) is 18.5 Å². The van der Waals surface area contributed by atoms with Gasteiger partial charge in [0, 0.05) is 34.4 Å². The maximum Gasteiger partial charge on any atom is 0.312 e. The molecule has 0 bridgehead atoms. The molecule has 1 atom stereocenters. The number of nitrogens with two attached hydrogens (primary N) is 1. The van der Waals surface area contributed by atoms with E-state index in [1.165, 1.54) is 0 Å². The first-order valence-corrected chi connectivity index (χ1v) is 14.8. The quantitative estimate of drug-likeness (QED) is 0.118. The number of ketones is 1. The molecule has 0 aliphatic carbocycles. The summed E-state index contributed by atoms with van der Waals surface area (Å²) in [5.41, 5.74) is 12.6. The van der Waals surface area contributed by atoms with E-state index in [1.54, 1.807) is 73.6 Å². The highest BCUT2D eigenvalue weighted by molar-refractivity contribution is 6.37. The van der Waals surface area contributed by atoms with Crippen molar-refractivity contribution in [2.75, 3.05) is 23.9 Å². The monoisotopic (exact) mass is 643 g/mol. The lowest BCUT2D eigenvalue weighted by atomic mass is 9.85. The maximum absolute atomic E-state index is 14.0. The smallest absolute Gasteiger partial charge is 0.312 e. The summed E-state index contributed by atoms with van der Waals surface area (Å²) in [5, 5.41) is 7.33. The zero-order valence-corrected chi connectivity index (χ0v) is 26.1. The molecule has 1 heterocycles. The van der Waals surface area contributed by atoms with Crippen LogP contribution in [0.1, 0.15) is 28.4 Å². The van der Waals surface area contributed by atoms with Crippen molar-refractivity contribution in [1.29, 1.82) is 0 Å². The van der Waals surface area contributed by atoms with E-state index >= 15 is 0 Å². The molecule has 0 fully saturated rings. The van der Waals surface area contributed by atoms with E-state index in [2.05, 4.69) is 16.1 Å². The van der Waals surface area contributed by atoms with Crippen LogP contribution in [0.3, 0.4) is 0 Å². The number of hydrazine groups is 1. The number of fused-ring (bicyclic) bond motifs is 1. The first-order valence-electron chi connectivity index (χ1n) is 14.1. The van der Waals surface area contributed by atoms with E-state index in [4.69, 9.17) is 33.7 Å². The average Bonchev–Trinajstić information content (AvgIpc) is 3.03. The summed E-state index contributed by atoms with van der Waals surface area (Å²) in [7, 11) is 1.70. The molecule has 0 spiro atoms. The first-order chi connectivity index (χ1) is 21.6. The van der Waals surface area contributed by atoms with E-state index in [9.17, 15) is 14.4 Å². The van der Waals surface area contributed by atoms with Crippen molar-refractivity contribution < 1.29 is 19.1 Å². The maximum atomic E-state index is 14.0. The summed E-state index contributed by atoms with van der Waals surface area (Å²) in [6, 6.07) is 28.0. The van der Waals surface area contributed by atoms with Crippen LogP contribution < -0.4 is 26.8 Å². The van der Waals surface area contributed by atoms with Crippen molar-refractivity contribution in [2.24, 2.45) is 5.73 Å². The highest BCUT2D eigenvalue weighted by Gasteiger charge is 2.46. The number of nitrogens with zero attached hydrogens (tertiary/aromatic N) is 1. The average molecular weight is 645 g/mol. The molecule has 5 N–H and O–H groups in total. The van der Waals surface area contributed by atoms with Crippen LogP contribution in [0.25, 0.3) is 16.7 Å². The summed E-state index contributed by atoms with van der Waals surface area (Å²) < 4.78 is 6.37. The van der Waals surface area contributed by atoms with Crippen molar-refractivity contribution in [3.63, 3.8) is 0 Å². The van der Waals surface area contributed by atoms with Crippen LogP contribution >= 0.6 is 23.2 Å². The minimum absolute atomic E-state index is 0.113. The lowest BCUT2D eigenvalue weighted by Crippen LogP contribution is -2.54. The van der Waals surface area contributed by atoms with E-state index in [0.29, 0.717) is 38.7 Å². The standard InChI is InChI=1S/C34H31Cl2N5O4/c1-34(36)31(45-20-21-10-5-3-6-11-21)30(27(42)19-39-33(37)44)29-26(41(34)38-2)17-16-25(35)28(29)23-14-9-15-24(18-23)40-32(43)22-12-7-4-8-13-22/h3-18,38H,19-20H2,1-2H3,(H,40,43)(H3,37,39,44). The second kappa shape index (κ2) is 13.4. The third kappa shape index (κ3) is 6.66. The lowest BCUT2D eigenvalue weighted by Gasteiger charge is -2.44. The fourth-order valence-electron chi connectivity index (χ4n) is 5.29. The SMILES string of the molecule is CNN1c2ccc(Cl)c(-c3cccc(NC(=O)c4ccccc4)c3)c2C(C(=O)CNC(N)=O)=C(OCc2ccccc2)C1(C)Cl. The Kier molecular flexibility index (Phi) is 9.43. The second-order valence-electron chi connectivity index (χ2n) is 10.3. The number of anilines is 2. The van der Waals surface area contributed by atoms with Gasteiger partial charge in [-0.25, -0.2) is 10.2 Å². The number of benzene rings is 4. The Morgan fingerprint density at radius 2 is 1.60 bits per heavy atom. The van der Waals surface area contributed by atoms with Crippen LogP contribution in [-0.2, 0) is 16.1 Å². The molecule has 0 radical (unpaired) electrons. The van der Waals surface area contributed by atoms with Gasteiger partial charge in [-0.1, -0.05) is 83.9 Å². The summed E-state index contributed by atoms with van der Waals surface area (Å²) in [5.74, 6) is -0.612. The Hall–Kier alpha value is -4.83. The van der Waals surface area contributed by atoms with Crippen LogP contribution in [0.4, 0.5) is 16.2 Å². The van der Waals surface area contributed by atoms with Crippen molar-refractivity contribution in [3.05, 3.63) is 125 Å². The summed E-state index contributed by atoms with van der Waals surface area (Å²) >= 11 is 14.1. The molecule has 45 heavy (non-hydrogen) atoms. The number of amides is 3. The molecule has 9 nitrogen and oxygen atoms in total. The zero-order valence-electron chi connectivity index (χ0n) is 24.6. The highest BCUT2D eigenvalue weighted by atomic mass is 35.5. The Labute approximate surface area is 270 Å². The molecule has 11 heteroatoms. The number of carbonyl (C=O) groups excluding carboxylic acids is 3. The summed E-state index contributed by atoms with van der Waals surface area (Å²) in [4.78, 5) is 37.2. The van der Waals surface area contributed by atoms with Crippen LogP contribution in [0, 0.1) is 0 Å². The fraction of sp³-hybridized carbons (Fsp3) is 0.147. The number of hydrogen-bond acceptors (Lipinski definition) is 6. The first kappa shape index (κ1) is 31.6. The number of rotatable bonds is 10. The minimum Gasteiger partial charge on any atom is -0.489 e. The van der Waals surface area contributed by atoms with Gasteiger partial charge in [0.2, 0.25) is 0 Å². The molecule has 0 saturated carbocycles. The molecule has 3 amide bonds. The van der Waals surface area contributed by atoms with E-state index in [-0.39, 0.29) is 23.8 Å². The predicted octanol–water partition coefficient (Wildman–Crippen LogP) is 6.33. The zero-order chi connectivity index (χ0) is 32.1. The Balaban J connectivity index is 1.69. The van der Waals surface area contributed by atoms with Gasteiger partial charge in [0.15, 0.2) is 16.5 Å². The van der Waals surface area contributed by atoms with Gasteiger partial charge in [-0.2, -0.15) is 0 Å². The summed E-state index contributed by atoms with van der Waals surface area (Å²) in [6.45, 7) is 1.41. The van der Waals surface area contributed by atoms with Gasteiger partial charge in [0.1, 0.15) is 6.61 Å². The van der Waals surface area contributed by atoms with Crippen LogP contribution in [0.5, 0.6) is 0 Å². The van der Waals surface area contributed by atoms with Gasteiger partial charge in [0.05, 0.1) is 17.8 Å². The number of urea groups is 1. The number of Topliss-reactive ketones (excluding diaryl/α,β-unsaturated/α-hetero) is 1. The van der Waals surface area contributed by atoms with Crippen LogP contribution in [-0.4, -0.2) is 36.3 Å².